The van der Waals surface area contributed by atoms with Crippen LogP contribution in [0.15, 0.2) is 53.4 Å². The lowest BCUT2D eigenvalue weighted by atomic mass is 10.0. The summed E-state index contributed by atoms with van der Waals surface area (Å²) < 4.78 is 40.9. The average molecular weight is 448 g/mol. The van der Waals surface area contributed by atoms with E-state index in [9.17, 15) is 22.4 Å². The monoisotopic (exact) mass is 447 g/mol. The molecular weight excluding hydrogens is 421 g/mol. The maximum absolute atomic E-state index is 13.2. The highest BCUT2D eigenvalue weighted by Gasteiger charge is 2.33. The highest BCUT2D eigenvalue weighted by molar-refractivity contribution is 7.89. The minimum Gasteiger partial charge on any atom is -0.348 e. The summed E-state index contributed by atoms with van der Waals surface area (Å²) in [4.78, 5) is 24.3. The van der Waals surface area contributed by atoms with Crippen LogP contribution in [0.5, 0.6) is 0 Å². The maximum atomic E-state index is 13.2. The van der Waals surface area contributed by atoms with Gasteiger partial charge in [-0.2, -0.15) is 4.31 Å². The van der Waals surface area contributed by atoms with Gasteiger partial charge in [-0.3, -0.25) is 9.59 Å². The van der Waals surface area contributed by atoms with Gasteiger partial charge in [0.15, 0.2) is 0 Å². The predicted octanol–water partition coefficient (Wildman–Crippen LogP) is 2.82. The van der Waals surface area contributed by atoms with Crippen molar-refractivity contribution in [2.24, 2.45) is 0 Å². The molecule has 1 atom stereocenters. The van der Waals surface area contributed by atoms with E-state index in [1.165, 1.54) is 22.5 Å². The summed E-state index contributed by atoms with van der Waals surface area (Å²) >= 11 is 0. The van der Waals surface area contributed by atoms with Crippen LogP contribution in [0.25, 0.3) is 0 Å². The van der Waals surface area contributed by atoms with Crippen LogP contribution in [0.3, 0.4) is 0 Å². The second-order valence-electron chi connectivity index (χ2n) is 7.59. The first-order chi connectivity index (χ1) is 14.8. The van der Waals surface area contributed by atoms with Gasteiger partial charge in [-0.15, -0.1) is 0 Å². The third-order valence-corrected chi connectivity index (χ3v) is 7.22. The molecule has 1 fully saturated rings. The van der Waals surface area contributed by atoms with E-state index < -0.39 is 27.7 Å². The number of hydrogen-bond acceptors (Lipinski definition) is 4. The van der Waals surface area contributed by atoms with Crippen molar-refractivity contribution in [1.29, 1.82) is 0 Å². The van der Waals surface area contributed by atoms with Crippen molar-refractivity contribution in [1.82, 2.24) is 9.62 Å². The van der Waals surface area contributed by atoms with E-state index in [2.05, 4.69) is 10.6 Å². The first kappa shape index (κ1) is 22.9. The van der Waals surface area contributed by atoms with Crippen molar-refractivity contribution in [2.45, 2.75) is 43.5 Å². The number of sulfonamides is 1. The highest BCUT2D eigenvalue weighted by Crippen LogP contribution is 2.27. The molecule has 2 aromatic carbocycles. The van der Waals surface area contributed by atoms with Crippen LogP contribution in [0.1, 0.15) is 31.2 Å². The fourth-order valence-electron chi connectivity index (χ4n) is 3.61. The SMILES string of the molecule is Cc1ccc(S(=O)(=O)N2CCCC[C@@H]2CCNC(=O)C(=O)Nc2cccc(F)c2)cc1. The van der Waals surface area contributed by atoms with Crippen LogP contribution in [0.2, 0.25) is 0 Å². The Hall–Kier alpha value is -2.78. The second-order valence-corrected chi connectivity index (χ2v) is 9.48. The minimum absolute atomic E-state index is 0.153. The van der Waals surface area contributed by atoms with Crippen molar-refractivity contribution in [3.05, 3.63) is 59.9 Å². The van der Waals surface area contributed by atoms with Gasteiger partial charge in [0.1, 0.15) is 5.82 Å². The van der Waals surface area contributed by atoms with E-state index in [0.717, 1.165) is 24.5 Å². The van der Waals surface area contributed by atoms with Crippen molar-refractivity contribution in [2.75, 3.05) is 18.4 Å². The molecular formula is C22H26FN3O4S. The predicted molar refractivity (Wildman–Crippen MR) is 115 cm³/mol. The van der Waals surface area contributed by atoms with Gasteiger partial charge in [0, 0.05) is 24.8 Å². The summed E-state index contributed by atoms with van der Waals surface area (Å²) in [6.07, 6.45) is 2.77. The summed E-state index contributed by atoms with van der Waals surface area (Å²) in [7, 11) is -3.63. The van der Waals surface area contributed by atoms with E-state index in [0.29, 0.717) is 19.4 Å². The Balaban J connectivity index is 1.57. The highest BCUT2D eigenvalue weighted by atomic mass is 32.2. The zero-order chi connectivity index (χ0) is 22.4. The number of nitrogens with one attached hydrogen (secondary N) is 2. The molecule has 0 unspecified atom stereocenters. The molecule has 31 heavy (non-hydrogen) atoms. The van der Waals surface area contributed by atoms with Gasteiger partial charge in [0.05, 0.1) is 4.90 Å². The van der Waals surface area contributed by atoms with Gasteiger partial charge < -0.3 is 10.6 Å². The molecule has 0 bridgehead atoms. The Morgan fingerprint density at radius 3 is 2.55 bits per heavy atom. The second kappa shape index (κ2) is 10.0. The standard InChI is InChI=1S/C22H26FN3O4S/c1-16-8-10-20(11-9-16)31(29,30)26-14-3-2-7-19(26)12-13-24-21(27)22(28)25-18-6-4-5-17(23)15-18/h4-6,8-11,15,19H,2-3,7,12-14H2,1H3,(H,24,27)(H,25,28)/t19-/m1/s1. The Labute approximate surface area is 181 Å². The van der Waals surface area contributed by atoms with E-state index in [1.54, 1.807) is 24.3 Å². The molecule has 0 aliphatic carbocycles. The van der Waals surface area contributed by atoms with Crippen LogP contribution in [-0.2, 0) is 19.6 Å². The summed E-state index contributed by atoms with van der Waals surface area (Å²) in [5, 5.41) is 4.85. The molecule has 1 aliphatic heterocycles. The van der Waals surface area contributed by atoms with Gasteiger partial charge in [-0.1, -0.05) is 30.2 Å². The lowest BCUT2D eigenvalue weighted by molar-refractivity contribution is -0.136. The number of hydrogen-bond donors (Lipinski definition) is 2. The molecule has 9 heteroatoms. The van der Waals surface area contributed by atoms with Gasteiger partial charge in [-0.25, -0.2) is 12.8 Å². The Kier molecular flexibility index (Phi) is 7.40. The number of halogens is 1. The van der Waals surface area contributed by atoms with Crippen LogP contribution >= 0.6 is 0 Å². The number of benzene rings is 2. The molecule has 166 valence electrons. The lowest BCUT2D eigenvalue weighted by Crippen LogP contribution is -2.45. The largest absolute Gasteiger partial charge is 0.348 e. The third kappa shape index (κ3) is 5.89. The molecule has 0 radical (unpaired) electrons. The molecule has 1 heterocycles. The average Bonchev–Trinajstić information content (AvgIpc) is 2.74. The third-order valence-electron chi connectivity index (χ3n) is 5.25. The number of piperidine rings is 1. The van der Waals surface area contributed by atoms with Crippen LogP contribution < -0.4 is 10.6 Å². The lowest BCUT2D eigenvalue weighted by Gasteiger charge is -2.34. The molecule has 0 aromatic heterocycles. The van der Waals surface area contributed by atoms with E-state index in [4.69, 9.17) is 0 Å². The molecule has 0 spiro atoms. The molecule has 3 rings (SSSR count). The van der Waals surface area contributed by atoms with E-state index in [-0.39, 0.29) is 23.2 Å². The van der Waals surface area contributed by atoms with E-state index in [1.807, 2.05) is 6.92 Å². The van der Waals surface area contributed by atoms with Crippen molar-refractivity contribution < 1.29 is 22.4 Å². The van der Waals surface area contributed by atoms with E-state index >= 15 is 0 Å². The molecule has 2 amide bonds. The molecule has 1 aliphatic rings. The topological polar surface area (TPSA) is 95.6 Å². The number of amides is 2. The maximum Gasteiger partial charge on any atom is 0.313 e. The molecule has 0 saturated carbocycles. The van der Waals surface area contributed by atoms with Crippen LogP contribution in [-0.4, -0.2) is 43.7 Å². The Morgan fingerprint density at radius 1 is 1.10 bits per heavy atom. The molecule has 7 nitrogen and oxygen atoms in total. The van der Waals surface area contributed by atoms with Gasteiger partial charge >= 0.3 is 11.8 Å². The minimum atomic E-state index is -3.63. The Morgan fingerprint density at radius 2 is 1.84 bits per heavy atom. The van der Waals surface area contributed by atoms with Crippen LogP contribution in [0, 0.1) is 12.7 Å². The van der Waals surface area contributed by atoms with Crippen molar-refractivity contribution >= 4 is 27.5 Å². The number of rotatable bonds is 6. The summed E-state index contributed by atoms with van der Waals surface area (Å²) in [6, 6.07) is 11.7. The smallest absolute Gasteiger partial charge is 0.313 e. The fraction of sp³-hybridized carbons (Fsp3) is 0.364. The zero-order valence-corrected chi connectivity index (χ0v) is 18.1. The first-order valence-electron chi connectivity index (χ1n) is 10.2. The number of nitrogens with zero attached hydrogens (tertiary/aromatic N) is 1. The number of anilines is 1. The summed E-state index contributed by atoms with van der Waals surface area (Å²) in [5.74, 6) is -2.28. The zero-order valence-electron chi connectivity index (χ0n) is 17.3. The van der Waals surface area contributed by atoms with Crippen molar-refractivity contribution in [3.63, 3.8) is 0 Å². The molecule has 2 aromatic rings. The first-order valence-corrected chi connectivity index (χ1v) is 11.6. The fourth-order valence-corrected chi connectivity index (χ4v) is 5.33. The number of carbonyl (C=O) groups excluding carboxylic acids is 2. The Bertz CT molecular complexity index is 1040. The normalized spacial score (nSPS) is 17.2. The number of carbonyl (C=O) groups is 2. The van der Waals surface area contributed by atoms with Gasteiger partial charge in [0.2, 0.25) is 10.0 Å². The number of aryl methyl sites for hydroxylation is 1. The molecule has 2 N–H and O–H groups in total. The summed E-state index contributed by atoms with van der Waals surface area (Å²) in [6.45, 7) is 2.47. The molecule has 1 saturated heterocycles. The van der Waals surface area contributed by atoms with Crippen molar-refractivity contribution in [3.8, 4) is 0 Å². The quantitative estimate of drug-likeness (QED) is 0.666. The van der Waals surface area contributed by atoms with Crippen LogP contribution in [0.4, 0.5) is 10.1 Å². The van der Waals surface area contributed by atoms with Gasteiger partial charge in [-0.05, 0) is 56.5 Å². The summed E-state index contributed by atoms with van der Waals surface area (Å²) in [5.41, 5.74) is 1.16. The van der Waals surface area contributed by atoms with Gasteiger partial charge in [0.25, 0.3) is 0 Å².